The van der Waals surface area contributed by atoms with Gasteiger partial charge in [-0.1, -0.05) is 28.9 Å². The predicted molar refractivity (Wildman–Crippen MR) is 94.0 cm³/mol. The summed E-state index contributed by atoms with van der Waals surface area (Å²) < 4.78 is 4.42. The number of allylic oxidation sites excluding steroid dienone is 2. The van der Waals surface area contributed by atoms with Crippen molar-refractivity contribution in [2.24, 2.45) is 11.1 Å². The standard InChI is InChI=1S/C18H20N2O6/c1-10(2)9-13(21)14(15(20-25)18(24)26-4)16(22)17(23)19-12-8-6-5-7-11(12)3/h5-9,14,25H,1-4H3,(H,19,23)/b20-15+/t14-/m0/s1. The van der Waals surface area contributed by atoms with Gasteiger partial charge in [-0.25, -0.2) is 4.79 Å². The second-order valence-electron chi connectivity index (χ2n) is 5.67. The molecule has 0 bridgehead atoms. The number of nitrogens with one attached hydrogen (secondary N) is 1. The molecule has 0 saturated carbocycles. The van der Waals surface area contributed by atoms with Crippen LogP contribution in [0.15, 0.2) is 41.1 Å². The number of aryl methyl sites for hydroxylation is 1. The number of ether oxygens (including phenoxy) is 1. The summed E-state index contributed by atoms with van der Waals surface area (Å²) in [4.78, 5) is 49.0. The number of hydrogen-bond acceptors (Lipinski definition) is 7. The third-order valence-corrected chi connectivity index (χ3v) is 3.37. The number of carbonyl (C=O) groups is 4. The number of oxime groups is 1. The Hall–Kier alpha value is -3.29. The molecule has 8 heteroatoms. The minimum absolute atomic E-state index is 0.375. The summed E-state index contributed by atoms with van der Waals surface area (Å²) in [6, 6.07) is 6.71. The van der Waals surface area contributed by atoms with Gasteiger partial charge in [0.25, 0.3) is 5.91 Å². The van der Waals surface area contributed by atoms with E-state index in [1.54, 1.807) is 45.0 Å². The summed E-state index contributed by atoms with van der Waals surface area (Å²) in [7, 11) is 0.994. The second-order valence-corrected chi connectivity index (χ2v) is 5.67. The highest BCUT2D eigenvalue weighted by Gasteiger charge is 2.39. The van der Waals surface area contributed by atoms with E-state index in [0.717, 1.165) is 13.2 Å². The highest BCUT2D eigenvalue weighted by molar-refractivity contribution is 6.56. The number of nitrogens with zero attached hydrogens (tertiary/aromatic N) is 1. The maximum atomic E-state index is 12.5. The molecular weight excluding hydrogens is 340 g/mol. The number of Topliss-reactive ketones (excluding diaryl/α,β-unsaturated/α-hetero) is 1. The van der Waals surface area contributed by atoms with Gasteiger partial charge in [-0.05, 0) is 38.5 Å². The number of esters is 1. The molecule has 1 aromatic carbocycles. The van der Waals surface area contributed by atoms with Gasteiger partial charge in [-0.15, -0.1) is 0 Å². The molecule has 0 radical (unpaired) electrons. The van der Waals surface area contributed by atoms with Crippen molar-refractivity contribution >= 4 is 34.8 Å². The van der Waals surface area contributed by atoms with Crippen LogP contribution in [0.1, 0.15) is 19.4 Å². The second kappa shape index (κ2) is 9.26. The summed E-state index contributed by atoms with van der Waals surface area (Å²) in [6.45, 7) is 4.92. The Morgan fingerprint density at radius 3 is 2.31 bits per heavy atom. The average Bonchev–Trinajstić information content (AvgIpc) is 2.59. The van der Waals surface area contributed by atoms with Crippen LogP contribution >= 0.6 is 0 Å². The smallest absolute Gasteiger partial charge is 0.357 e. The first kappa shape index (κ1) is 20.8. The lowest BCUT2D eigenvalue weighted by molar-refractivity contribution is -0.140. The van der Waals surface area contributed by atoms with Crippen molar-refractivity contribution in [3.63, 3.8) is 0 Å². The van der Waals surface area contributed by atoms with E-state index in [-0.39, 0.29) is 0 Å². The summed E-state index contributed by atoms with van der Waals surface area (Å²) in [6.07, 6.45) is 1.08. The topological polar surface area (TPSA) is 122 Å². The van der Waals surface area contributed by atoms with E-state index in [1.807, 2.05) is 0 Å². The van der Waals surface area contributed by atoms with E-state index < -0.39 is 35.1 Å². The molecule has 1 aromatic rings. The van der Waals surface area contributed by atoms with Crippen LogP contribution in [-0.2, 0) is 23.9 Å². The Morgan fingerprint density at radius 2 is 1.81 bits per heavy atom. The SMILES string of the molecule is COC(=O)/C(=N/O)[C@H](C(=O)C=C(C)C)C(=O)C(=O)Nc1ccccc1C. The number of amides is 1. The first-order valence-electron chi connectivity index (χ1n) is 7.62. The molecule has 2 N–H and O–H groups in total. The van der Waals surface area contributed by atoms with Gasteiger partial charge < -0.3 is 15.3 Å². The first-order valence-corrected chi connectivity index (χ1v) is 7.62. The number of methoxy groups -OCH3 is 1. The summed E-state index contributed by atoms with van der Waals surface area (Å²) >= 11 is 0. The van der Waals surface area contributed by atoms with Gasteiger partial charge in [0.1, 0.15) is 5.92 Å². The fourth-order valence-corrected chi connectivity index (χ4v) is 2.11. The van der Waals surface area contributed by atoms with E-state index in [9.17, 15) is 19.2 Å². The van der Waals surface area contributed by atoms with Crippen LogP contribution in [-0.4, -0.2) is 41.5 Å². The molecule has 8 nitrogen and oxygen atoms in total. The zero-order chi connectivity index (χ0) is 19.9. The molecule has 0 aliphatic rings. The Kier molecular flexibility index (Phi) is 7.39. The quantitative estimate of drug-likeness (QED) is 0.145. The molecule has 0 aliphatic heterocycles. The van der Waals surface area contributed by atoms with E-state index in [0.29, 0.717) is 16.8 Å². The molecule has 26 heavy (non-hydrogen) atoms. The summed E-state index contributed by atoms with van der Waals surface area (Å²) in [5.74, 6) is -6.33. The van der Waals surface area contributed by atoms with Gasteiger partial charge in [0.15, 0.2) is 11.5 Å². The molecule has 0 unspecified atom stereocenters. The van der Waals surface area contributed by atoms with Crippen LogP contribution in [0.25, 0.3) is 0 Å². The van der Waals surface area contributed by atoms with Crippen molar-refractivity contribution in [2.75, 3.05) is 12.4 Å². The minimum atomic E-state index is -1.91. The number of hydrogen-bond donors (Lipinski definition) is 2. The van der Waals surface area contributed by atoms with E-state index in [2.05, 4.69) is 15.2 Å². The van der Waals surface area contributed by atoms with Crippen molar-refractivity contribution in [2.45, 2.75) is 20.8 Å². The normalized spacial score (nSPS) is 11.9. The number of carbonyl (C=O) groups excluding carboxylic acids is 4. The number of anilines is 1. The highest BCUT2D eigenvalue weighted by Crippen LogP contribution is 2.15. The van der Waals surface area contributed by atoms with Crippen LogP contribution < -0.4 is 5.32 Å². The van der Waals surface area contributed by atoms with Gasteiger partial charge >= 0.3 is 5.97 Å². The molecule has 1 amide bonds. The Labute approximate surface area is 150 Å². The van der Waals surface area contributed by atoms with Crippen LogP contribution in [0, 0.1) is 12.8 Å². The number of para-hydroxylation sites is 1. The Bertz CT molecular complexity index is 791. The van der Waals surface area contributed by atoms with Crippen molar-refractivity contribution in [3.05, 3.63) is 41.5 Å². The number of ketones is 2. The van der Waals surface area contributed by atoms with Crippen LogP contribution in [0.4, 0.5) is 5.69 Å². The summed E-state index contributed by atoms with van der Waals surface area (Å²) in [5, 5.41) is 14.2. The molecule has 0 heterocycles. The molecule has 138 valence electrons. The zero-order valence-electron chi connectivity index (χ0n) is 14.9. The molecular formula is C18H20N2O6. The summed E-state index contributed by atoms with van der Waals surface area (Å²) in [5.41, 5.74) is 0.749. The van der Waals surface area contributed by atoms with E-state index in [4.69, 9.17) is 5.21 Å². The third-order valence-electron chi connectivity index (χ3n) is 3.37. The molecule has 0 fully saturated rings. The lowest BCUT2D eigenvalue weighted by Crippen LogP contribution is -2.42. The lowest BCUT2D eigenvalue weighted by Gasteiger charge is -2.14. The Balaban J connectivity index is 3.24. The van der Waals surface area contributed by atoms with Gasteiger partial charge in [-0.3, -0.25) is 14.4 Å². The molecule has 0 aromatic heterocycles. The van der Waals surface area contributed by atoms with E-state index >= 15 is 0 Å². The minimum Gasteiger partial charge on any atom is -0.464 e. The van der Waals surface area contributed by atoms with Crippen molar-refractivity contribution < 1.29 is 29.1 Å². The molecule has 0 aliphatic carbocycles. The molecule has 1 rings (SSSR count). The van der Waals surface area contributed by atoms with Crippen LogP contribution in [0.5, 0.6) is 0 Å². The van der Waals surface area contributed by atoms with Crippen LogP contribution in [0.2, 0.25) is 0 Å². The van der Waals surface area contributed by atoms with Gasteiger partial charge in [0.05, 0.1) is 7.11 Å². The lowest BCUT2D eigenvalue weighted by atomic mass is 9.91. The maximum Gasteiger partial charge on any atom is 0.357 e. The fraction of sp³-hybridized carbons (Fsp3) is 0.278. The monoisotopic (exact) mass is 360 g/mol. The van der Waals surface area contributed by atoms with Crippen molar-refractivity contribution in [3.8, 4) is 0 Å². The number of rotatable bonds is 7. The predicted octanol–water partition coefficient (Wildman–Crippen LogP) is 1.66. The maximum absolute atomic E-state index is 12.5. The largest absolute Gasteiger partial charge is 0.464 e. The van der Waals surface area contributed by atoms with Gasteiger partial charge in [0, 0.05) is 5.69 Å². The third kappa shape index (κ3) is 5.10. The molecule has 0 spiro atoms. The van der Waals surface area contributed by atoms with Crippen molar-refractivity contribution in [1.29, 1.82) is 0 Å². The molecule has 1 atom stereocenters. The zero-order valence-corrected chi connectivity index (χ0v) is 14.9. The highest BCUT2D eigenvalue weighted by atomic mass is 16.5. The van der Waals surface area contributed by atoms with E-state index in [1.165, 1.54) is 0 Å². The first-order chi connectivity index (χ1) is 12.2. The average molecular weight is 360 g/mol. The molecule has 0 saturated heterocycles. The Morgan fingerprint density at radius 1 is 1.19 bits per heavy atom. The van der Waals surface area contributed by atoms with Gasteiger partial charge in [-0.2, -0.15) is 0 Å². The number of benzene rings is 1. The van der Waals surface area contributed by atoms with Crippen molar-refractivity contribution in [1.82, 2.24) is 0 Å². The van der Waals surface area contributed by atoms with Crippen LogP contribution in [0.3, 0.4) is 0 Å². The van der Waals surface area contributed by atoms with Gasteiger partial charge in [0.2, 0.25) is 5.78 Å². The fourth-order valence-electron chi connectivity index (χ4n) is 2.11.